The summed E-state index contributed by atoms with van der Waals surface area (Å²) in [6, 6.07) is 6.35. The van der Waals surface area contributed by atoms with E-state index in [0.29, 0.717) is 0 Å². The summed E-state index contributed by atoms with van der Waals surface area (Å²) in [6.07, 6.45) is 1.90. The lowest BCUT2D eigenvalue weighted by Crippen LogP contribution is -2.09. The summed E-state index contributed by atoms with van der Waals surface area (Å²) >= 11 is 0. The molecule has 2 nitrogen and oxygen atoms in total. The van der Waals surface area contributed by atoms with E-state index in [2.05, 4.69) is 24.0 Å². The highest BCUT2D eigenvalue weighted by atomic mass is 14.9. The number of hydrogen-bond donors (Lipinski definition) is 1. The predicted octanol–water partition coefficient (Wildman–Crippen LogP) is 2.82. The van der Waals surface area contributed by atoms with E-state index in [1.165, 1.54) is 11.1 Å². The predicted molar refractivity (Wildman–Crippen MR) is 62.2 cm³/mol. The van der Waals surface area contributed by atoms with Gasteiger partial charge in [-0.2, -0.15) is 0 Å². The maximum absolute atomic E-state index is 5.63. The fraction of sp³-hybridized carbons (Fsp3) is 0.417. The van der Waals surface area contributed by atoms with Gasteiger partial charge in [-0.25, -0.2) is 4.99 Å². The van der Waals surface area contributed by atoms with Gasteiger partial charge in [0.2, 0.25) is 0 Å². The van der Waals surface area contributed by atoms with Gasteiger partial charge < -0.3 is 5.73 Å². The highest BCUT2D eigenvalue weighted by molar-refractivity contribution is 5.90. The molecule has 14 heavy (non-hydrogen) atoms. The van der Waals surface area contributed by atoms with Gasteiger partial charge in [-0.05, 0) is 23.6 Å². The second kappa shape index (κ2) is 4.80. The van der Waals surface area contributed by atoms with Crippen LogP contribution in [0.25, 0.3) is 0 Å². The van der Waals surface area contributed by atoms with E-state index in [9.17, 15) is 0 Å². The minimum absolute atomic E-state index is 0.734. The smallest absolute Gasteiger partial charge is 0.104 e. The molecule has 2 rings (SSSR count). The Balaban J connectivity index is 0.000000461. The summed E-state index contributed by atoms with van der Waals surface area (Å²) < 4.78 is 0. The van der Waals surface area contributed by atoms with Crippen LogP contribution < -0.4 is 5.73 Å². The van der Waals surface area contributed by atoms with Gasteiger partial charge in [-0.3, -0.25) is 0 Å². The topological polar surface area (TPSA) is 38.4 Å². The quantitative estimate of drug-likeness (QED) is 0.726. The van der Waals surface area contributed by atoms with Gasteiger partial charge in [0.1, 0.15) is 5.84 Å². The Hall–Kier alpha value is -1.31. The maximum Gasteiger partial charge on any atom is 0.104 e. The molecule has 76 valence electrons. The van der Waals surface area contributed by atoms with E-state index in [-0.39, 0.29) is 0 Å². The average molecular weight is 190 g/mol. The van der Waals surface area contributed by atoms with Crippen molar-refractivity contribution in [2.45, 2.75) is 33.6 Å². The van der Waals surface area contributed by atoms with E-state index >= 15 is 0 Å². The Labute approximate surface area is 85.9 Å². The summed E-state index contributed by atoms with van der Waals surface area (Å²) in [4.78, 5) is 4.22. The van der Waals surface area contributed by atoms with Crippen LogP contribution in [0.2, 0.25) is 0 Å². The van der Waals surface area contributed by atoms with Crippen molar-refractivity contribution in [1.82, 2.24) is 0 Å². The van der Waals surface area contributed by atoms with E-state index in [0.717, 1.165) is 24.4 Å². The van der Waals surface area contributed by atoms with Crippen LogP contribution in [0.4, 0.5) is 5.69 Å². The first-order chi connectivity index (χ1) is 6.79. The lowest BCUT2D eigenvalue weighted by Gasteiger charge is -1.99. The average Bonchev–Trinajstić information content (AvgIpc) is 2.59. The summed E-state index contributed by atoms with van der Waals surface area (Å²) in [6.45, 7) is 6.15. The Morgan fingerprint density at radius 1 is 1.36 bits per heavy atom. The van der Waals surface area contributed by atoms with Crippen LogP contribution in [0.1, 0.15) is 31.9 Å². The van der Waals surface area contributed by atoms with Gasteiger partial charge in [0, 0.05) is 6.42 Å². The van der Waals surface area contributed by atoms with E-state index < -0.39 is 0 Å². The highest BCUT2D eigenvalue weighted by Gasteiger charge is 2.11. The third-order valence-corrected chi connectivity index (χ3v) is 2.19. The minimum Gasteiger partial charge on any atom is -0.387 e. The molecule has 0 unspecified atom stereocenters. The van der Waals surface area contributed by atoms with Crippen molar-refractivity contribution in [3.8, 4) is 0 Å². The van der Waals surface area contributed by atoms with Crippen LogP contribution in [-0.2, 0) is 12.8 Å². The first kappa shape index (κ1) is 10.8. The van der Waals surface area contributed by atoms with Crippen molar-refractivity contribution < 1.29 is 0 Å². The fourth-order valence-corrected chi connectivity index (χ4v) is 1.50. The minimum atomic E-state index is 0.734. The molecule has 0 fully saturated rings. The zero-order chi connectivity index (χ0) is 10.6. The maximum atomic E-state index is 5.63. The van der Waals surface area contributed by atoms with Crippen molar-refractivity contribution in [3.63, 3.8) is 0 Å². The lowest BCUT2D eigenvalue weighted by molar-refractivity contribution is 1.13. The van der Waals surface area contributed by atoms with Crippen molar-refractivity contribution >= 4 is 11.5 Å². The Morgan fingerprint density at radius 3 is 2.71 bits per heavy atom. The molecule has 1 aromatic rings. The van der Waals surface area contributed by atoms with E-state index in [1.807, 2.05) is 19.9 Å². The van der Waals surface area contributed by atoms with E-state index in [1.54, 1.807) is 0 Å². The normalized spacial score (nSPS) is 12.6. The molecule has 0 bridgehead atoms. The third-order valence-electron chi connectivity index (χ3n) is 2.19. The molecule has 1 aliphatic rings. The standard InChI is InChI=1S/C10H12N2.C2H6/c1-2-7-3-4-9-8(5-7)6-10(11)12-9;1-2/h3-5H,2,6H2,1H3,(H2,11,12);1-2H3. The zero-order valence-electron chi connectivity index (χ0n) is 9.17. The number of hydrogen-bond acceptors (Lipinski definition) is 2. The SMILES string of the molecule is CC.CCc1ccc2c(c1)CC(N)=N2. The van der Waals surface area contributed by atoms with E-state index in [4.69, 9.17) is 5.73 Å². The van der Waals surface area contributed by atoms with Crippen LogP contribution in [0, 0.1) is 0 Å². The van der Waals surface area contributed by atoms with Crippen LogP contribution in [0.5, 0.6) is 0 Å². The van der Waals surface area contributed by atoms with Crippen molar-refractivity contribution in [1.29, 1.82) is 0 Å². The first-order valence-electron chi connectivity index (χ1n) is 5.24. The molecule has 0 radical (unpaired) electrons. The Kier molecular flexibility index (Phi) is 3.69. The molecule has 0 aliphatic carbocycles. The van der Waals surface area contributed by atoms with Crippen molar-refractivity contribution in [2.75, 3.05) is 0 Å². The van der Waals surface area contributed by atoms with Gasteiger partial charge in [0.25, 0.3) is 0 Å². The second-order valence-corrected chi connectivity index (χ2v) is 3.10. The molecule has 2 heteroatoms. The third kappa shape index (κ3) is 2.13. The van der Waals surface area contributed by atoms with Crippen LogP contribution in [-0.4, -0.2) is 5.84 Å². The molecule has 0 aromatic heterocycles. The first-order valence-corrected chi connectivity index (χ1v) is 5.24. The number of rotatable bonds is 1. The summed E-state index contributed by atoms with van der Waals surface area (Å²) in [7, 11) is 0. The van der Waals surface area contributed by atoms with Gasteiger partial charge >= 0.3 is 0 Å². The number of nitrogens with zero attached hydrogens (tertiary/aromatic N) is 1. The summed E-state index contributed by atoms with van der Waals surface area (Å²) in [5.74, 6) is 0.734. The van der Waals surface area contributed by atoms with Crippen LogP contribution >= 0.6 is 0 Å². The largest absolute Gasteiger partial charge is 0.387 e. The van der Waals surface area contributed by atoms with Gasteiger partial charge in [-0.1, -0.05) is 32.9 Å². The zero-order valence-corrected chi connectivity index (χ0v) is 9.17. The molecule has 0 saturated carbocycles. The molecule has 0 amide bonds. The second-order valence-electron chi connectivity index (χ2n) is 3.10. The summed E-state index contributed by atoms with van der Waals surface area (Å²) in [5, 5.41) is 0. The molecule has 1 aromatic carbocycles. The fourth-order valence-electron chi connectivity index (χ4n) is 1.50. The number of nitrogens with two attached hydrogens (primary N) is 1. The van der Waals surface area contributed by atoms with Crippen LogP contribution in [0.15, 0.2) is 23.2 Å². The Morgan fingerprint density at radius 2 is 2.07 bits per heavy atom. The highest BCUT2D eigenvalue weighted by Crippen LogP contribution is 2.26. The number of fused-ring (bicyclic) bond motifs is 1. The monoisotopic (exact) mass is 190 g/mol. The number of aryl methyl sites for hydroxylation is 1. The molecule has 0 spiro atoms. The number of aliphatic imine (C=N–C) groups is 1. The Bertz CT molecular complexity index is 340. The van der Waals surface area contributed by atoms with Gasteiger partial charge in [-0.15, -0.1) is 0 Å². The molecule has 0 atom stereocenters. The molecular formula is C12H18N2. The van der Waals surface area contributed by atoms with Crippen molar-refractivity contribution in [3.05, 3.63) is 29.3 Å². The number of amidine groups is 1. The molecule has 0 saturated heterocycles. The lowest BCUT2D eigenvalue weighted by atomic mass is 10.1. The number of benzene rings is 1. The van der Waals surface area contributed by atoms with Crippen LogP contribution in [0.3, 0.4) is 0 Å². The van der Waals surface area contributed by atoms with Gasteiger partial charge in [0.05, 0.1) is 5.69 Å². The summed E-state index contributed by atoms with van der Waals surface area (Å²) in [5.41, 5.74) is 9.30. The molecule has 2 N–H and O–H groups in total. The molecular weight excluding hydrogens is 172 g/mol. The van der Waals surface area contributed by atoms with Gasteiger partial charge in [0.15, 0.2) is 0 Å². The molecule has 1 heterocycles. The van der Waals surface area contributed by atoms with Crippen molar-refractivity contribution in [2.24, 2.45) is 10.7 Å². The molecule has 1 aliphatic heterocycles.